The smallest absolute Gasteiger partial charge is 0.303 e. The first-order valence-corrected chi connectivity index (χ1v) is 5.08. The molecule has 16 heavy (non-hydrogen) atoms. The van der Waals surface area contributed by atoms with Crippen molar-refractivity contribution in [3.63, 3.8) is 0 Å². The van der Waals surface area contributed by atoms with Gasteiger partial charge in [0.1, 0.15) is 11.6 Å². The third-order valence-corrected chi connectivity index (χ3v) is 2.52. The molecule has 1 rings (SSSR count). The highest BCUT2D eigenvalue weighted by molar-refractivity contribution is 6.31. The van der Waals surface area contributed by atoms with Crippen molar-refractivity contribution in [1.82, 2.24) is 0 Å². The zero-order valence-corrected chi connectivity index (χ0v) is 9.77. The number of carboxylic acids is 1. The van der Waals surface area contributed by atoms with Gasteiger partial charge in [-0.15, -0.1) is 0 Å². The molecule has 0 atom stereocenters. The van der Waals surface area contributed by atoms with Gasteiger partial charge in [-0.3, -0.25) is 4.79 Å². The predicted octanol–water partition coefficient (Wildman–Crippen LogP) is 2.81. The van der Waals surface area contributed by atoms with Crippen molar-refractivity contribution >= 4 is 17.6 Å². The predicted molar refractivity (Wildman–Crippen MR) is 58.7 cm³/mol. The van der Waals surface area contributed by atoms with E-state index in [0.717, 1.165) is 0 Å². The second kappa shape index (κ2) is 5.16. The van der Waals surface area contributed by atoms with Crippen LogP contribution in [0.2, 0.25) is 5.02 Å². The Kier molecular flexibility index (Phi) is 4.12. The summed E-state index contributed by atoms with van der Waals surface area (Å²) in [5.74, 6) is -1.23. The fourth-order valence-corrected chi connectivity index (χ4v) is 1.82. The van der Waals surface area contributed by atoms with E-state index in [0.29, 0.717) is 11.3 Å². The van der Waals surface area contributed by atoms with E-state index in [-0.39, 0.29) is 23.4 Å². The monoisotopic (exact) mass is 246 g/mol. The second-order valence-corrected chi connectivity index (χ2v) is 3.80. The van der Waals surface area contributed by atoms with Gasteiger partial charge in [0.25, 0.3) is 0 Å². The van der Waals surface area contributed by atoms with Crippen molar-refractivity contribution < 1.29 is 19.0 Å². The van der Waals surface area contributed by atoms with E-state index in [1.54, 1.807) is 6.92 Å². The van der Waals surface area contributed by atoms with Gasteiger partial charge >= 0.3 is 5.97 Å². The SMILES string of the molecule is COc1c(C)cc(Cl)c(F)c1CCC(=O)O. The molecule has 0 aliphatic heterocycles. The Hall–Kier alpha value is -1.29. The quantitative estimate of drug-likeness (QED) is 0.889. The molecule has 88 valence electrons. The summed E-state index contributed by atoms with van der Waals surface area (Å²) in [6.07, 6.45) is -0.0984. The Labute approximate surface area is 97.8 Å². The Balaban J connectivity index is 3.17. The standard InChI is InChI=1S/C11H12ClFO3/c1-6-5-8(12)10(13)7(11(6)16-2)3-4-9(14)15/h5H,3-4H2,1-2H3,(H,14,15). The highest BCUT2D eigenvalue weighted by atomic mass is 35.5. The summed E-state index contributed by atoms with van der Waals surface area (Å²) in [7, 11) is 1.42. The van der Waals surface area contributed by atoms with E-state index >= 15 is 0 Å². The number of benzene rings is 1. The van der Waals surface area contributed by atoms with E-state index in [2.05, 4.69) is 0 Å². The van der Waals surface area contributed by atoms with Crippen LogP contribution in [0.25, 0.3) is 0 Å². The van der Waals surface area contributed by atoms with Gasteiger partial charge in [-0.1, -0.05) is 11.6 Å². The zero-order valence-electron chi connectivity index (χ0n) is 9.01. The Morgan fingerprint density at radius 2 is 2.25 bits per heavy atom. The Bertz CT molecular complexity index is 418. The van der Waals surface area contributed by atoms with Crippen LogP contribution in [0.3, 0.4) is 0 Å². The minimum atomic E-state index is -0.987. The number of aryl methyl sites for hydroxylation is 1. The fourth-order valence-electron chi connectivity index (χ4n) is 1.54. The molecule has 0 fully saturated rings. The zero-order chi connectivity index (χ0) is 12.3. The molecule has 5 heteroatoms. The molecule has 0 aliphatic rings. The van der Waals surface area contributed by atoms with Crippen LogP contribution in [-0.4, -0.2) is 18.2 Å². The first kappa shape index (κ1) is 12.8. The van der Waals surface area contributed by atoms with Crippen LogP contribution in [0.4, 0.5) is 4.39 Å². The van der Waals surface area contributed by atoms with Crippen molar-refractivity contribution in [2.24, 2.45) is 0 Å². The average Bonchev–Trinajstić information content (AvgIpc) is 2.20. The molecule has 0 radical (unpaired) electrons. The van der Waals surface area contributed by atoms with E-state index in [9.17, 15) is 9.18 Å². The van der Waals surface area contributed by atoms with Gasteiger partial charge in [0.2, 0.25) is 0 Å². The van der Waals surface area contributed by atoms with Gasteiger partial charge in [0.05, 0.1) is 12.1 Å². The third-order valence-electron chi connectivity index (χ3n) is 2.24. The molecule has 0 amide bonds. The number of carboxylic acid groups (broad SMARTS) is 1. The van der Waals surface area contributed by atoms with Crippen molar-refractivity contribution in [2.75, 3.05) is 7.11 Å². The summed E-state index contributed by atoms with van der Waals surface area (Å²) in [4.78, 5) is 10.5. The normalized spacial score (nSPS) is 10.2. The molecule has 0 bridgehead atoms. The number of carbonyl (C=O) groups is 1. The Morgan fingerprint density at radius 3 is 2.75 bits per heavy atom. The number of halogens is 2. The first-order valence-electron chi connectivity index (χ1n) is 4.70. The summed E-state index contributed by atoms with van der Waals surface area (Å²) in [5, 5.41) is 8.56. The van der Waals surface area contributed by atoms with Crippen LogP contribution in [-0.2, 0) is 11.2 Å². The number of hydrogen-bond acceptors (Lipinski definition) is 2. The highest BCUT2D eigenvalue weighted by Crippen LogP contribution is 2.32. The van der Waals surface area contributed by atoms with Gasteiger partial charge in [-0.2, -0.15) is 0 Å². The van der Waals surface area contributed by atoms with Crippen LogP contribution in [0.15, 0.2) is 6.07 Å². The molecule has 0 saturated heterocycles. The van der Waals surface area contributed by atoms with Crippen LogP contribution in [0.5, 0.6) is 5.75 Å². The van der Waals surface area contributed by atoms with Crippen LogP contribution in [0.1, 0.15) is 17.5 Å². The maximum atomic E-state index is 13.7. The minimum absolute atomic E-state index is 0.0151. The van der Waals surface area contributed by atoms with E-state index < -0.39 is 11.8 Å². The molecule has 0 saturated carbocycles. The highest BCUT2D eigenvalue weighted by Gasteiger charge is 2.16. The molecule has 0 aliphatic carbocycles. The summed E-state index contributed by atoms with van der Waals surface area (Å²) in [5.41, 5.74) is 0.907. The molecule has 1 aromatic rings. The number of hydrogen-bond donors (Lipinski definition) is 1. The summed E-state index contributed by atoms with van der Waals surface area (Å²) in [6.45, 7) is 1.73. The van der Waals surface area contributed by atoms with Crippen molar-refractivity contribution in [3.8, 4) is 5.75 Å². The number of rotatable bonds is 4. The summed E-state index contributed by atoms with van der Waals surface area (Å²) in [6, 6.07) is 1.46. The molecule has 0 unspecified atom stereocenters. The van der Waals surface area contributed by atoms with E-state index in [4.69, 9.17) is 21.4 Å². The molecule has 1 N–H and O–H groups in total. The second-order valence-electron chi connectivity index (χ2n) is 3.39. The van der Waals surface area contributed by atoms with E-state index in [1.807, 2.05) is 0 Å². The van der Waals surface area contributed by atoms with Gasteiger partial charge in [-0.05, 0) is 25.0 Å². The Morgan fingerprint density at radius 1 is 1.62 bits per heavy atom. The number of aliphatic carboxylic acids is 1. The maximum absolute atomic E-state index is 13.7. The van der Waals surface area contributed by atoms with Gasteiger partial charge in [-0.25, -0.2) is 4.39 Å². The van der Waals surface area contributed by atoms with Crippen LogP contribution in [0, 0.1) is 12.7 Å². The van der Waals surface area contributed by atoms with Crippen LogP contribution < -0.4 is 4.74 Å². The minimum Gasteiger partial charge on any atom is -0.496 e. The molecule has 1 aromatic carbocycles. The summed E-state index contributed by atoms with van der Waals surface area (Å²) >= 11 is 5.69. The van der Waals surface area contributed by atoms with Gasteiger partial charge < -0.3 is 9.84 Å². The molecule has 0 aromatic heterocycles. The van der Waals surface area contributed by atoms with Gasteiger partial charge in [0, 0.05) is 12.0 Å². The lowest BCUT2D eigenvalue weighted by molar-refractivity contribution is -0.136. The number of ether oxygens (including phenoxy) is 1. The van der Waals surface area contributed by atoms with Crippen molar-refractivity contribution in [3.05, 3.63) is 28.0 Å². The molecule has 0 heterocycles. The molecule has 0 spiro atoms. The van der Waals surface area contributed by atoms with Crippen molar-refractivity contribution in [1.29, 1.82) is 0 Å². The lowest BCUT2D eigenvalue weighted by atomic mass is 10.0. The van der Waals surface area contributed by atoms with Crippen molar-refractivity contribution in [2.45, 2.75) is 19.8 Å². The first-order chi connectivity index (χ1) is 7.47. The lowest BCUT2D eigenvalue weighted by Crippen LogP contribution is -2.03. The molecule has 3 nitrogen and oxygen atoms in total. The fraction of sp³-hybridized carbons (Fsp3) is 0.364. The molecular formula is C11H12ClFO3. The molecular weight excluding hydrogens is 235 g/mol. The largest absolute Gasteiger partial charge is 0.496 e. The topological polar surface area (TPSA) is 46.5 Å². The van der Waals surface area contributed by atoms with Crippen LogP contribution >= 0.6 is 11.6 Å². The van der Waals surface area contributed by atoms with E-state index in [1.165, 1.54) is 13.2 Å². The number of methoxy groups -OCH3 is 1. The third kappa shape index (κ3) is 2.64. The van der Waals surface area contributed by atoms with Gasteiger partial charge in [0.15, 0.2) is 0 Å². The maximum Gasteiger partial charge on any atom is 0.303 e. The summed E-state index contributed by atoms with van der Waals surface area (Å²) < 4.78 is 18.7. The lowest BCUT2D eigenvalue weighted by Gasteiger charge is -2.12. The average molecular weight is 247 g/mol.